The van der Waals surface area contributed by atoms with E-state index in [2.05, 4.69) is 0 Å². The maximum atomic E-state index is 11.2. The number of sulfone groups is 1. The minimum atomic E-state index is -2.94. The molecule has 0 spiro atoms. The fraction of sp³-hybridized carbons (Fsp3) is 0.500. The van der Waals surface area contributed by atoms with Gasteiger partial charge in [0.2, 0.25) is 0 Å². The number of unbranched alkanes of at least 4 members (excludes halogenated alkanes) is 1. The number of nitrogens with two attached hydrogens (primary N) is 1. The predicted octanol–water partition coefficient (Wildman–Crippen LogP) is 1.51. The second-order valence-corrected chi connectivity index (χ2v) is 6.28. The zero-order valence-corrected chi connectivity index (χ0v) is 10.5. The Balaban J connectivity index is 2.64. The van der Waals surface area contributed by atoms with Crippen LogP contribution in [0.5, 0.6) is 0 Å². The maximum Gasteiger partial charge on any atom is 0.151 e. The monoisotopic (exact) mass is 241 g/mol. The van der Waals surface area contributed by atoms with Gasteiger partial charge in [0, 0.05) is 6.26 Å². The van der Waals surface area contributed by atoms with E-state index in [4.69, 9.17) is 5.73 Å². The van der Waals surface area contributed by atoms with Crippen molar-refractivity contribution >= 4 is 9.84 Å². The van der Waals surface area contributed by atoms with E-state index in [0.29, 0.717) is 6.54 Å². The number of hydrogen-bond donors (Lipinski definition) is 1. The lowest BCUT2D eigenvalue weighted by molar-refractivity contribution is 0.601. The molecule has 0 saturated carbocycles. The van der Waals surface area contributed by atoms with Crippen LogP contribution in [0.3, 0.4) is 0 Å². The number of rotatable bonds is 6. The molecule has 4 heteroatoms. The van der Waals surface area contributed by atoms with E-state index in [0.717, 1.165) is 24.8 Å². The molecule has 0 atom stereocenters. The summed E-state index contributed by atoms with van der Waals surface area (Å²) >= 11 is 0. The highest BCUT2D eigenvalue weighted by Crippen LogP contribution is 2.11. The third-order valence-corrected chi connectivity index (χ3v) is 3.20. The standard InChI is InChI=1S/C12H19NO2S/c1-16(14,15)10-12-7-4-6-11(9-12)5-2-3-8-13/h4,6-7,9H,2-3,5,8,10,13H2,1H3. The van der Waals surface area contributed by atoms with Crippen molar-refractivity contribution in [1.29, 1.82) is 0 Å². The lowest BCUT2D eigenvalue weighted by Gasteiger charge is -2.04. The Labute approximate surface area is 97.6 Å². The Morgan fingerprint density at radius 3 is 2.50 bits per heavy atom. The van der Waals surface area contributed by atoms with Gasteiger partial charge in [-0.2, -0.15) is 0 Å². The Kier molecular flexibility index (Phi) is 4.96. The smallest absolute Gasteiger partial charge is 0.151 e. The molecule has 1 rings (SSSR count). The summed E-state index contributed by atoms with van der Waals surface area (Å²) in [4.78, 5) is 0. The van der Waals surface area contributed by atoms with E-state index in [1.165, 1.54) is 11.8 Å². The highest BCUT2D eigenvalue weighted by molar-refractivity contribution is 7.89. The zero-order chi connectivity index (χ0) is 12.0. The molecule has 0 fully saturated rings. The molecule has 0 aliphatic heterocycles. The molecule has 0 unspecified atom stereocenters. The zero-order valence-electron chi connectivity index (χ0n) is 9.65. The molecule has 2 N–H and O–H groups in total. The first-order chi connectivity index (χ1) is 7.51. The molecule has 90 valence electrons. The third-order valence-electron chi connectivity index (χ3n) is 2.34. The minimum Gasteiger partial charge on any atom is -0.330 e. The van der Waals surface area contributed by atoms with Crippen molar-refractivity contribution in [2.45, 2.75) is 25.0 Å². The summed E-state index contributed by atoms with van der Waals surface area (Å²) in [6.45, 7) is 0.711. The van der Waals surface area contributed by atoms with Gasteiger partial charge in [-0.15, -0.1) is 0 Å². The van der Waals surface area contributed by atoms with E-state index >= 15 is 0 Å². The number of benzene rings is 1. The molecule has 0 heterocycles. The van der Waals surface area contributed by atoms with Gasteiger partial charge in [0.05, 0.1) is 5.75 Å². The SMILES string of the molecule is CS(=O)(=O)Cc1cccc(CCCCN)c1. The highest BCUT2D eigenvalue weighted by atomic mass is 32.2. The quantitative estimate of drug-likeness (QED) is 0.768. The van der Waals surface area contributed by atoms with Gasteiger partial charge >= 0.3 is 0 Å². The lowest BCUT2D eigenvalue weighted by atomic mass is 10.1. The van der Waals surface area contributed by atoms with Crippen LogP contribution in [-0.4, -0.2) is 21.2 Å². The van der Waals surface area contributed by atoms with Crippen LogP contribution in [0.2, 0.25) is 0 Å². The Bertz CT molecular complexity index is 426. The van der Waals surface area contributed by atoms with E-state index in [-0.39, 0.29) is 5.75 Å². The first-order valence-electron chi connectivity index (χ1n) is 5.47. The van der Waals surface area contributed by atoms with Crippen molar-refractivity contribution in [1.82, 2.24) is 0 Å². The van der Waals surface area contributed by atoms with Crippen LogP contribution in [0.1, 0.15) is 24.0 Å². The summed E-state index contributed by atoms with van der Waals surface area (Å²) in [7, 11) is -2.94. The highest BCUT2D eigenvalue weighted by Gasteiger charge is 2.04. The van der Waals surface area contributed by atoms with Gasteiger partial charge in [-0.05, 0) is 36.9 Å². The van der Waals surface area contributed by atoms with Gasteiger partial charge < -0.3 is 5.73 Å². The van der Waals surface area contributed by atoms with Gasteiger partial charge in [0.25, 0.3) is 0 Å². The molecule has 0 aliphatic carbocycles. The summed E-state index contributed by atoms with van der Waals surface area (Å²) in [5.41, 5.74) is 7.48. The van der Waals surface area contributed by atoms with Gasteiger partial charge in [0.15, 0.2) is 9.84 Å². The summed E-state index contributed by atoms with van der Waals surface area (Å²) in [5, 5.41) is 0. The van der Waals surface area contributed by atoms with Crippen LogP contribution in [0.15, 0.2) is 24.3 Å². The summed E-state index contributed by atoms with van der Waals surface area (Å²) in [5.74, 6) is 0.123. The molecular formula is C12H19NO2S. The Morgan fingerprint density at radius 1 is 1.19 bits per heavy atom. The van der Waals surface area contributed by atoms with Gasteiger partial charge in [-0.25, -0.2) is 8.42 Å². The molecule has 1 aromatic carbocycles. The van der Waals surface area contributed by atoms with Crippen LogP contribution in [0.25, 0.3) is 0 Å². The fourth-order valence-electron chi connectivity index (χ4n) is 1.65. The lowest BCUT2D eigenvalue weighted by Crippen LogP contribution is -2.02. The third kappa shape index (κ3) is 5.28. The average molecular weight is 241 g/mol. The molecule has 3 nitrogen and oxygen atoms in total. The van der Waals surface area contributed by atoms with Crippen molar-refractivity contribution < 1.29 is 8.42 Å². The maximum absolute atomic E-state index is 11.2. The van der Waals surface area contributed by atoms with Crippen LogP contribution in [-0.2, 0) is 22.0 Å². The molecule has 16 heavy (non-hydrogen) atoms. The predicted molar refractivity (Wildman–Crippen MR) is 67.0 cm³/mol. The Hall–Kier alpha value is -0.870. The number of hydrogen-bond acceptors (Lipinski definition) is 3. The van der Waals surface area contributed by atoms with E-state index < -0.39 is 9.84 Å². The second kappa shape index (κ2) is 6.01. The number of aryl methyl sites for hydroxylation is 1. The summed E-state index contributed by atoms with van der Waals surface area (Å²) in [6, 6.07) is 7.77. The van der Waals surface area contributed by atoms with Crippen molar-refractivity contribution in [3.63, 3.8) is 0 Å². The van der Waals surface area contributed by atoms with Crippen molar-refractivity contribution in [3.05, 3.63) is 35.4 Å². The normalized spacial score (nSPS) is 11.6. The van der Waals surface area contributed by atoms with Crippen LogP contribution in [0, 0.1) is 0 Å². The Morgan fingerprint density at radius 2 is 1.88 bits per heavy atom. The van der Waals surface area contributed by atoms with Gasteiger partial charge in [-0.1, -0.05) is 24.3 Å². The van der Waals surface area contributed by atoms with Crippen LogP contribution >= 0.6 is 0 Å². The summed E-state index contributed by atoms with van der Waals surface area (Å²) < 4.78 is 22.3. The van der Waals surface area contributed by atoms with Gasteiger partial charge in [-0.3, -0.25) is 0 Å². The largest absolute Gasteiger partial charge is 0.330 e. The molecule has 1 aromatic rings. The fourth-order valence-corrected chi connectivity index (χ4v) is 2.44. The molecule has 0 bridgehead atoms. The molecule has 0 aromatic heterocycles. The van der Waals surface area contributed by atoms with Crippen LogP contribution in [0.4, 0.5) is 0 Å². The first kappa shape index (κ1) is 13.2. The topological polar surface area (TPSA) is 60.2 Å². The molecule has 0 radical (unpaired) electrons. The van der Waals surface area contributed by atoms with Crippen LogP contribution < -0.4 is 5.73 Å². The second-order valence-electron chi connectivity index (χ2n) is 4.14. The van der Waals surface area contributed by atoms with Crippen molar-refractivity contribution in [2.75, 3.05) is 12.8 Å². The van der Waals surface area contributed by atoms with E-state index in [1.807, 2.05) is 24.3 Å². The van der Waals surface area contributed by atoms with Crippen molar-refractivity contribution in [3.8, 4) is 0 Å². The van der Waals surface area contributed by atoms with Gasteiger partial charge in [0.1, 0.15) is 0 Å². The molecular weight excluding hydrogens is 222 g/mol. The molecule has 0 saturated heterocycles. The van der Waals surface area contributed by atoms with Crippen molar-refractivity contribution in [2.24, 2.45) is 5.73 Å². The van der Waals surface area contributed by atoms with E-state index in [1.54, 1.807) is 0 Å². The summed E-state index contributed by atoms with van der Waals surface area (Å²) in [6.07, 6.45) is 4.29. The first-order valence-corrected chi connectivity index (χ1v) is 7.53. The molecule has 0 amide bonds. The molecule has 0 aliphatic rings. The minimum absolute atomic E-state index is 0.123. The average Bonchev–Trinajstić information content (AvgIpc) is 2.16. The van der Waals surface area contributed by atoms with E-state index in [9.17, 15) is 8.42 Å².